The fourth-order valence-electron chi connectivity index (χ4n) is 1.40. The number of carboxylic acids is 1. The molecule has 0 aliphatic heterocycles. The minimum Gasteiger partial charge on any atom is -0.481 e. The molecule has 0 rings (SSSR count). The second-order valence-electron chi connectivity index (χ2n) is 3.96. The lowest BCUT2D eigenvalue weighted by Crippen LogP contribution is -1.91. The van der Waals surface area contributed by atoms with Crippen LogP contribution in [0.5, 0.6) is 0 Å². The Morgan fingerprint density at radius 2 is 1.69 bits per heavy atom. The second-order valence-corrected chi connectivity index (χ2v) is 3.96. The Kier molecular flexibility index (Phi) is 11.2. The molecule has 0 atom stereocenters. The lowest BCUT2D eigenvalue weighted by atomic mass is 10.1. The third-order valence-corrected chi connectivity index (χ3v) is 2.35. The van der Waals surface area contributed by atoms with Gasteiger partial charge in [0.2, 0.25) is 0 Å². The zero-order valence-electron chi connectivity index (χ0n) is 10.3. The van der Waals surface area contributed by atoms with Gasteiger partial charge in [-0.15, -0.1) is 0 Å². The molecule has 0 unspecified atom stereocenters. The van der Waals surface area contributed by atoms with Gasteiger partial charge in [-0.2, -0.15) is 0 Å². The van der Waals surface area contributed by atoms with Gasteiger partial charge in [0.1, 0.15) is 0 Å². The number of aliphatic carboxylic acids is 1. The van der Waals surface area contributed by atoms with Crippen molar-refractivity contribution in [1.82, 2.24) is 0 Å². The first-order valence-electron chi connectivity index (χ1n) is 6.29. The van der Waals surface area contributed by atoms with E-state index in [0.717, 1.165) is 6.42 Å². The van der Waals surface area contributed by atoms with Crippen molar-refractivity contribution in [3.05, 3.63) is 24.3 Å². The summed E-state index contributed by atoms with van der Waals surface area (Å²) in [6.45, 7) is 2.22. The highest BCUT2D eigenvalue weighted by molar-refractivity contribution is 5.66. The van der Waals surface area contributed by atoms with Crippen molar-refractivity contribution in [2.75, 3.05) is 0 Å². The molecule has 0 aromatic carbocycles. The summed E-state index contributed by atoms with van der Waals surface area (Å²) >= 11 is 0. The fourth-order valence-corrected chi connectivity index (χ4v) is 1.40. The molecule has 1 N–H and O–H groups in total. The number of unbranched alkanes of at least 4 members (excludes halogenated alkanes) is 4. The average molecular weight is 224 g/mol. The number of hydrogen-bond donors (Lipinski definition) is 1. The molecule has 0 bridgehead atoms. The van der Waals surface area contributed by atoms with Gasteiger partial charge in [0, 0.05) is 6.42 Å². The Balaban J connectivity index is 3.23. The Morgan fingerprint density at radius 1 is 1.00 bits per heavy atom. The van der Waals surface area contributed by atoms with Crippen LogP contribution in [0.2, 0.25) is 0 Å². The van der Waals surface area contributed by atoms with E-state index in [-0.39, 0.29) is 6.42 Å². The first-order valence-corrected chi connectivity index (χ1v) is 6.29. The molecule has 0 saturated carbocycles. The van der Waals surface area contributed by atoms with Crippen LogP contribution in [0.25, 0.3) is 0 Å². The minimum atomic E-state index is -0.726. The van der Waals surface area contributed by atoms with Crippen molar-refractivity contribution in [2.45, 2.75) is 58.3 Å². The van der Waals surface area contributed by atoms with Crippen molar-refractivity contribution >= 4 is 5.97 Å². The van der Waals surface area contributed by atoms with E-state index in [0.29, 0.717) is 6.42 Å². The largest absolute Gasteiger partial charge is 0.481 e. The molecule has 0 spiro atoms. The molecule has 0 aromatic rings. The lowest BCUT2D eigenvalue weighted by Gasteiger charge is -1.93. The molecule has 0 saturated heterocycles. The maximum atomic E-state index is 10.2. The van der Waals surface area contributed by atoms with E-state index in [4.69, 9.17) is 5.11 Å². The van der Waals surface area contributed by atoms with Gasteiger partial charge >= 0.3 is 5.97 Å². The first-order chi connectivity index (χ1) is 7.77. The molecule has 0 aliphatic rings. The molecule has 2 nitrogen and oxygen atoms in total. The monoisotopic (exact) mass is 224 g/mol. The SMILES string of the molecule is CCCCCCC=CCC=CCCC(=O)O. The number of carboxylic acid groups (broad SMARTS) is 1. The Hall–Kier alpha value is -1.05. The maximum absolute atomic E-state index is 10.2. The van der Waals surface area contributed by atoms with E-state index in [1.54, 1.807) is 0 Å². The summed E-state index contributed by atoms with van der Waals surface area (Å²) in [5, 5.41) is 8.41. The van der Waals surface area contributed by atoms with E-state index in [9.17, 15) is 4.79 Å². The summed E-state index contributed by atoms with van der Waals surface area (Å²) in [7, 11) is 0. The van der Waals surface area contributed by atoms with Crippen LogP contribution < -0.4 is 0 Å². The zero-order valence-corrected chi connectivity index (χ0v) is 10.3. The normalized spacial score (nSPS) is 11.6. The number of rotatable bonds is 10. The van der Waals surface area contributed by atoms with Crippen LogP contribution in [-0.2, 0) is 4.79 Å². The number of hydrogen-bond acceptors (Lipinski definition) is 1. The van der Waals surface area contributed by atoms with E-state index in [1.807, 2.05) is 12.2 Å². The van der Waals surface area contributed by atoms with Gasteiger partial charge in [0.15, 0.2) is 0 Å². The standard InChI is InChI=1S/C14H24O2/c1-2-3-4-5-6-7-8-9-10-11-12-13-14(15)16/h7-8,10-11H,2-6,9,12-13H2,1H3,(H,15,16). The predicted molar refractivity (Wildman–Crippen MR) is 68.5 cm³/mol. The Morgan fingerprint density at radius 3 is 2.31 bits per heavy atom. The molecule has 0 heterocycles. The third kappa shape index (κ3) is 12.9. The number of carbonyl (C=O) groups is 1. The van der Waals surface area contributed by atoms with Crippen LogP contribution in [0.1, 0.15) is 58.3 Å². The van der Waals surface area contributed by atoms with Crippen LogP contribution in [0.15, 0.2) is 24.3 Å². The van der Waals surface area contributed by atoms with Gasteiger partial charge in [-0.25, -0.2) is 0 Å². The van der Waals surface area contributed by atoms with Crippen molar-refractivity contribution in [1.29, 1.82) is 0 Å². The van der Waals surface area contributed by atoms with E-state index in [1.165, 1.54) is 32.1 Å². The van der Waals surface area contributed by atoms with E-state index >= 15 is 0 Å². The maximum Gasteiger partial charge on any atom is 0.303 e. The second kappa shape index (κ2) is 12.0. The molecule has 0 amide bonds. The van der Waals surface area contributed by atoms with Gasteiger partial charge in [0.05, 0.1) is 0 Å². The summed E-state index contributed by atoms with van der Waals surface area (Å²) in [5.74, 6) is -0.726. The highest BCUT2D eigenvalue weighted by atomic mass is 16.4. The topological polar surface area (TPSA) is 37.3 Å². The smallest absolute Gasteiger partial charge is 0.303 e. The molecule has 0 aliphatic carbocycles. The quantitative estimate of drug-likeness (QED) is 0.443. The van der Waals surface area contributed by atoms with Crippen LogP contribution in [0, 0.1) is 0 Å². The Bertz CT molecular complexity index is 217. The predicted octanol–water partition coefficient (Wildman–Crippen LogP) is 4.32. The van der Waals surface area contributed by atoms with Crippen LogP contribution in [0.4, 0.5) is 0 Å². The molecular formula is C14H24O2. The van der Waals surface area contributed by atoms with Crippen molar-refractivity contribution < 1.29 is 9.90 Å². The van der Waals surface area contributed by atoms with Gasteiger partial charge in [-0.05, 0) is 25.7 Å². The van der Waals surface area contributed by atoms with Gasteiger partial charge < -0.3 is 5.11 Å². The van der Waals surface area contributed by atoms with Crippen molar-refractivity contribution in [3.63, 3.8) is 0 Å². The minimum absolute atomic E-state index is 0.233. The number of allylic oxidation sites excluding steroid dienone is 4. The summed E-state index contributed by atoms with van der Waals surface area (Å²) in [5.41, 5.74) is 0. The van der Waals surface area contributed by atoms with Gasteiger partial charge in [0.25, 0.3) is 0 Å². The summed E-state index contributed by atoms with van der Waals surface area (Å²) in [4.78, 5) is 10.2. The molecule has 0 fully saturated rings. The van der Waals surface area contributed by atoms with E-state index < -0.39 is 5.97 Å². The third-order valence-electron chi connectivity index (χ3n) is 2.35. The fraction of sp³-hybridized carbons (Fsp3) is 0.643. The summed E-state index contributed by atoms with van der Waals surface area (Å²) < 4.78 is 0. The van der Waals surface area contributed by atoms with Crippen LogP contribution >= 0.6 is 0 Å². The summed E-state index contributed by atoms with van der Waals surface area (Å²) in [6, 6.07) is 0. The summed E-state index contributed by atoms with van der Waals surface area (Å²) in [6.07, 6.45) is 16.6. The molecule has 2 heteroatoms. The molecular weight excluding hydrogens is 200 g/mol. The van der Waals surface area contributed by atoms with Crippen molar-refractivity contribution in [3.8, 4) is 0 Å². The van der Waals surface area contributed by atoms with Crippen LogP contribution in [-0.4, -0.2) is 11.1 Å². The molecule has 0 aromatic heterocycles. The van der Waals surface area contributed by atoms with Gasteiger partial charge in [-0.3, -0.25) is 4.79 Å². The van der Waals surface area contributed by atoms with Gasteiger partial charge in [-0.1, -0.05) is 50.5 Å². The van der Waals surface area contributed by atoms with Crippen molar-refractivity contribution in [2.24, 2.45) is 0 Å². The van der Waals surface area contributed by atoms with Crippen LogP contribution in [0.3, 0.4) is 0 Å². The molecule has 92 valence electrons. The average Bonchev–Trinajstić information content (AvgIpc) is 2.25. The highest BCUT2D eigenvalue weighted by Crippen LogP contribution is 2.03. The lowest BCUT2D eigenvalue weighted by molar-refractivity contribution is -0.136. The first kappa shape index (κ1) is 14.9. The highest BCUT2D eigenvalue weighted by Gasteiger charge is 1.90. The Labute approximate surface area is 99.1 Å². The molecule has 16 heavy (non-hydrogen) atoms. The van der Waals surface area contributed by atoms with E-state index in [2.05, 4.69) is 19.1 Å². The zero-order chi connectivity index (χ0) is 12.1. The molecule has 0 radical (unpaired) electrons.